The summed E-state index contributed by atoms with van der Waals surface area (Å²) >= 11 is 0. The van der Waals surface area contributed by atoms with Crippen LogP contribution in [0.2, 0.25) is 0 Å². The van der Waals surface area contributed by atoms with Crippen molar-refractivity contribution in [3.05, 3.63) is 24.8 Å². The zero-order chi connectivity index (χ0) is 9.84. The van der Waals surface area contributed by atoms with Crippen molar-refractivity contribution in [1.82, 2.24) is 0 Å². The Balaban J connectivity index is 2.39. The summed E-state index contributed by atoms with van der Waals surface area (Å²) < 4.78 is 5.50. The second kappa shape index (κ2) is 4.38. The van der Waals surface area contributed by atoms with Gasteiger partial charge in [0.2, 0.25) is 0 Å². The van der Waals surface area contributed by atoms with Crippen LogP contribution in [0, 0.1) is 5.92 Å². The van der Waals surface area contributed by atoms with E-state index in [1.54, 1.807) is 13.0 Å². The summed E-state index contributed by atoms with van der Waals surface area (Å²) in [6.07, 6.45) is 3.24. The molecule has 0 spiro atoms. The first-order valence-corrected chi connectivity index (χ1v) is 4.54. The number of carbonyl (C=O) groups excluding carboxylic acids is 1. The summed E-state index contributed by atoms with van der Waals surface area (Å²) in [4.78, 5) is 10.9. The Labute approximate surface area is 79.3 Å². The fourth-order valence-electron chi connectivity index (χ4n) is 1.41. The van der Waals surface area contributed by atoms with Crippen LogP contribution in [0.1, 0.15) is 19.8 Å². The number of ether oxygens (including phenoxy) is 1. The minimum Gasteiger partial charge on any atom is -0.373 e. The Morgan fingerprint density at radius 3 is 2.85 bits per heavy atom. The highest BCUT2D eigenvalue weighted by Crippen LogP contribution is 2.41. The summed E-state index contributed by atoms with van der Waals surface area (Å²) in [6, 6.07) is 0. The average Bonchev–Trinajstić information content (AvgIpc) is 2.75. The Kier molecular flexibility index (Phi) is 3.43. The van der Waals surface area contributed by atoms with Crippen molar-refractivity contribution >= 4 is 5.78 Å². The normalized spacial score (nSPS) is 22.5. The minimum absolute atomic E-state index is 0.0306. The molecule has 72 valence electrons. The maximum atomic E-state index is 10.9. The number of hydrogen-bond acceptors (Lipinski definition) is 2. The third-order valence-corrected chi connectivity index (χ3v) is 2.21. The van der Waals surface area contributed by atoms with Crippen molar-refractivity contribution in [2.24, 2.45) is 5.92 Å². The van der Waals surface area contributed by atoms with E-state index in [1.807, 2.05) is 0 Å². The molecule has 1 rings (SSSR count). The quantitative estimate of drug-likeness (QED) is 0.585. The van der Waals surface area contributed by atoms with Crippen LogP contribution in [-0.4, -0.2) is 18.5 Å². The van der Waals surface area contributed by atoms with Crippen LogP contribution in [0.15, 0.2) is 24.8 Å². The predicted molar refractivity (Wildman–Crippen MR) is 52.5 cm³/mol. The lowest BCUT2D eigenvalue weighted by atomic mass is 10.1. The number of hydrogen-bond donors (Lipinski definition) is 0. The molecule has 0 aromatic carbocycles. The van der Waals surface area contributed by atoms with Gasteiger partial charge in [-0.05, 0) is 13.3 Å². The van der Waals surface area contributed by atoms with E-state index in [0.29, 0.717) is 18.9 Å². The van der Waals surface area contributed by atoms with Crippen LogP contribution in [0.4, 0.5) is 0 Å². The molecule has 1 aliphatic carbocycles. The van der Waals surface area contributed by atoms with E-state index in [2.05, 4.69) is 13.2 Å². The van der Waals surface area contributed by atoms with E-state index in [-0.39, 0.29) is 11.9 Å². The molecule has 2 heteroatoms. The molecule has 0 amide bonds. The summed E-state index contributed by atoms with van der Waals surface area (Å²) in [6.45, 7) is 9.55. The Hall–Kier alpha value is -0.890. The smallest absolute Gasteiger partial charge is 0.132 e. The van der Waals surface area contributed by atoms with Crippen molar-refractivity contribution in [2.75, 3.05) is 6.61 Å². The van der Waals surface area contributed by atoms with Crippen molar-refractivity contribution in [1.29, 1.82) is 0 Å². The molecule has 1 saturated carbocycles. The molecule has 0 aromatic rings. The van der Waals surface area contributed by atoms with Gasteiger partial charge >= 0.3 is 0 Å². The molecule has 0 heterocycles. The zero-order valence-electron chi connectivity index (χ0n) is 8.08. The SMILES string of the molecule is C=CCO[C@H](CC(C)=O)[C@H]1CC1=C. The van der Waals surface area contributed by atoms with Gasteiger partial charge in [0.05, 0.1) is 12.7 Å². The molecule has 2 atom stereocenters. The number of rotatable bonds is 6. The van der Waals surface area contributed by atoms with Crippen LogP contribution in [0.5, 0.6) is 0 Å². The van der Waals surface area contributed by atoms with E-state index in [1.165, 1.54) is 5.57 Å². The first-order valence-electron chi connectivity index (χ1n) is 4.54. The highest BCUT2D eigenvalue weighted by atomic mass is 16.5. The highest BCUT2D eigenvalue weighted by Gasteiger charge is 2.36. The van der Waals surface area contributed by atoms with E-state index in [9.17, 15) is 4.79 Å². The molecule has 0 bridgehead atoms. The lowest BCUT2D eigenvalue weighted by Gasteiger charge is -2.13. The van der Waals surface area contributed by atoms with Gasteiger partial charge in [0, 0.05) is 12.3 Å². The second-order valence-corrected chi connectivity index (χ2v) is 3.54. The van der Waals surface area contributed by atoms with Gasteiger partial charge < -0.3 is 4.74 Å². The molecule has 2 nitrogen and oxygen atoms in total. The molecule has 0 radical (unpaired) electrons. The monoisotopic (exact) mass is 180 g/mol. The largest absolute Gasteiger partial charge is 0.373 e. The lowest BCUT2D eigenvalue weighted by Crippen LogP contribution is -2.19. The van der Waals surface area contributed by atoms with Gasteiger partial charge in [-0.15, -0.1) is 6.58 Å². The maximum Gasteiger partial charge on any atom is 0.132 e. The minimum atomic E-state index is 0.0306. The van der Waals surface area contributed by atoms with Crippen molar-refractivity contribution < 1.29 is 9.53 Å². The van der Waals surface area contributed by atoms with Gasteiger partial charge in [0.25, 0.3) is 0 Å². The molecule has 1 aliphatic rings. The van der Waals surface area contributed by atoms with Gasteiger partial charge in [0.1, 0.15) is 5.78 Å². The topological polar surface area (TPSA) is 26.3 Å². The van der Waals surface area contributed by atoms with Gasteiger partial charge in [-0.25, -0.2) is 0 Å². The lowest BCUT2D eigenvalue weighted by molar-refractivity contribution is -0.119. The molecule has 0 saturated heterocycles. The fraction of sp³-hybridized carbons (Fsp3) is 0.545. The van der Waals surface area contributed by atoms with E-state index >= 15 is 0 Å². The molecule has 0 N–H and O–H groups in total. The van der Waals surface area contributed by atoms with E-state index in [4.69, 9.17) is 4.74 Å². The van der Waals surface area contributed by atoms with Crippen LogP contribution in [0.25, 0.3) is 0 Å². The van der Waals surface area contributed by atoms with Gasteiger partial charge in [0.15, 0.2) is 0 Å². The predicted octanol–water partition coefficient (Wildman–Crippen LogP) is 2.11. The average molecular weight is 180 g/mol. The van der Waals surface area contributed by atoms with Crippen LogP contribution in [-0.2, 0) is 9.53 Å². The van der Waals surface area contributed by atoms with Crippen molar-refractivity contribution in [2.45, 2.75) is 25.9 Å². The molecule has 13 heavy (non-hydrogen) atoms. The molecular weight excluding hydrogens is 164 g/mol. The summed E-state index contributed by atoms with van der Waals surface area (Å²) in [5.74, 6) is 0.581. The molecule has 0 aromatic heterocycles. The Morgan fingerprint density at radius 1 is 1.85 bits per heavy atom. The summed E-state index contributed by atoms with van der Waals surface area (Å²) in [7, 11) is 0. The second-order valence-electron chi connectivity index (χ2n) is 3.54. The Morgan fingerprint density at radius 2 is 2.46 bits per heavy atom. The van der Waals surface area contributed by atoms with E-state index < -0.39 is 0 Å². The first kappa shape index (κ1) is 10.2. The van der Waals surface area contributed by atoms with Gasteiger partial charge in [-0.3, -0.25) is 4.79 Å². The summed E-state index contributed by atoms with van der Waals surface area (Å²) in [5.41, 5.74) is 1.20. The van der Waals surface area contributed by atoms with Gasteiger partial charge in [-0.1, -0.05) is 18.2 Å². The number of ketones is 1. The third-order valence-electron chi connectivity index (χ3n) is 2.21. The molecular formula is C11H16O2. The van der Waals surface area contributed by atoms with Crippen molar-refractivity contribution in [3.63, 3.8) is 0 Å². The number of Topliss-reactive ketones (excluding diaryl/α,β-unsaturated/α-hetero) is 1. The Bertz CT molecular complexity index is 230. The first-order chi connectivity index (χ1) is 6.15. The standard InChI is InChI=1S/C11H16O2/c1-4-5-13-11(7-9(3)12)10-6-8(10)2/h4,10-11H,1-2,5-7H2,3H3/t10-,11+/m0/s1. The molecule has 0 aliphatic heterocycles. The molecule has 1 fully saturated rings. The van der Waals surface area contributed by atoms with Crippen LogP contribution in [0.3, 0.4) is 0 Å². The number of carbonyl (C=O) groups is 1. The summed E-state index contributed by atoms with van der Waals surface area (Å²) in [5, 5.41) is 0. The third kappa shape index (κ3) is 3.15. The van der Waals surface area contributed by atoms with E-state index in [0.717, 1.165) is 6.42 Å². The zero-order valence-corrected chi connectivity index (χ0v) is 8.08. The van der Waals surface area contributed by atoms with Gasteiger partial charge in [-0.2, -0.15) is 0 Å². The van der Waals surface area contributed by atoms with Crippen LogP contribution >= 0.6 is 0 Å². The fourth-order valence-corrected chi connectivity index (χ4v) is 1.41. The van der Waals surface area contributed by atoms with Crippen LogP contribution < -0.4 is 0 Å². The highest BCUT2D eigenvalue weighted by molar-refractivity contribution is 5.76. The molecule has 0 unspecified atom stereocenters. The maximum absolute atomic E-state index is 10.9. The van der Waals surface area contributed by atoms with Crippen molar-refractivity contribution in [3.8, 4) is 0 Å².